The van der Waals surface area contributed by atoms with Crippen LogP contribution in [0.1, 0.15) is 72.4 Å². The molecule has 4 aliphatic carbocycles. The van der Waals surface area contributed by atoms with E-state index >= 15 is 4.79 Å². The molecule has 49 heavy (non-hydrogen) atoms. The first-order chi connectivity index (χ1) is 23.8. The minimum absolute atomic E-state index is 0.0446. The lowest BCUT2D eigenvalue weighted by Gasteiger charge is -2.48. The zero-order valence-electron chi connectivity index (χ0n) is 28.3. The quantitative estimate of drug-likeness (QED) is 0.209. The molecule has 1 N–H and O–H groups in total. The number of carbonyl (C=O) groups excluding carboxylic acids is 1. The van der Waals surface area contributed by atoms with E-state index in [0.29, 0.717) is 23.4 Å². The number of Topliss-reactive ketones (excluding diaryl/α,β-unsaturated/α-hetero) is 1. The van der Waals surface area contributed by atoms with Crippen molar-refractivity contribution in [2.45, 2.75) is 56.4 Å². The minimum atomic E-state index is -0.772. The summed E-state index contributed by atoms with van der Waals surface area (Å²) >= 11 is 0. The van der Waals surface area contributed by atoms with Gasteiger partial charge in [0.2, 0.25) is 0 Å². The molecule has 0 bridgehead atoms. The van der Waals surface area contributed by atoms with E-state index < -0.39 is 16.4 Å². The Balaban J connectivity index is 1.24. The fraction of sp³-hybridized carbons (Fsp3) is 0.372. The van der Waals surface area contributed by atoms with E-state index in [1.165, 1.54) is 16.7 Å². The molecule has 1 saturated heterocycles. The number of ether oxygens (including phenoxy) is 1. The van der Waals surface area contributed by atoms with Crippen LogP contribution in [0.2, 0.25) is 0 Å². The second-order valence-corrected chi connectivity index (χ2v) is 15.6. The van der Waals surface area contributed by atoms with E-state index in [4.69, 9.17) is 14.7 Å². The van der Waals surface area contributed by atoms with Crippen LogP contribution >= 0.6 is 0 Å². The number of rotatable bonds is 2. The summed E-state index contributed by atoms with van der Waals surface area (Å²) in [6.07, 6.45) is 4.64. The number of aryl methyl sites for hydroxylation is 1. The van der Waals surface area contributed by atoms with Gasteiger partial charge in [-0.15, -0.1) is 0 Å². The molecule has 1 aliphatic heterocycles. The first kappa shape index (κ1) is 29.4. The number of phenolic OH excluding ortho intramolecular Hbond substituents is 1. The van der Waals surface area contributed by atoms with Crippen LogP contribution in [0.4, 0.5) is 0 Å². The van der Waals surface area contributed by atoms with Crippen molar-refractivity contribution in [3.63, 3.8) is 0 Å². The number of hydrogen-bond acceptors (Lipinski definition) is 6. The lowest BCUT2D eigenvalue weighted by atomic mass is 9.55. The monoisotopic (exact) mass is 647 g/mol. The van der Waals surface area contributed by atoms with Gasteiger partial charge in [0.15, 0.2) is 0 Å². The lowest BCUT2D eigenvalue weighted by Crippen LogP contribution is -2.54. The summed E-state index contributed by atoms with van der Waals surface area (Å²) in [5.74, 6) is 2.55. The highest BCUT2D eigenvalue weighted by molar-refractivity contribution is 5.99. The Morgan fingerprint density at radius 2 is 1.67 bits per heavy atom. The molecule has 5 aromatic rings. The molecule has 1 aromatic heterocycles. The minimum Gasteiger partial charge on any atom is -0.508 e. The van der Waals surface area contributed by atoms with Crippen molar-refractivity contribution >= 4 is 16.8 Å². The summed E-state index contributed by atoms with van der Waals surface area (Å²) in [6.45, 7) is 3.04. The number of likely N-dealkylation sites (N-methyl/N-ethyl adjacent to an activating group) is 1. The number of nitrogens with zero attached hydrogens (tertiary/aromatic N) is 3. The summed E-state index contributed by atoms with van der Waals surface area (Å²) < 4.78 is 5.60. The molecular weight excluding hydrogens is 606 g/mol. The largest absolute Gasteiger partial charge is 0.508 e. The van der Waals surface area contributed by atoms with Crippen molar-refractivity contribution in [2.24, 2.45) is 22.7 Å². The molecule has 6 nitrogen and oxygen atoms in total. The van der Waals surface area contributed by atoms with Crippen LogP contribution in [0.3, 0.4) is 0 Å². The Bertz CT molecular complexity index is 2200. The predicted octanol–water partition coefficient (Wildman–Crippen LogP) is 8.02. The Kier molecular flexibility index (Phi) is 6.00. The number of likely N-dealkylation sites (tertiary alicyclic amines) is 1. The van der Waals surface area contributed by atoms with Crippen molar-refractivity contribution < 1.29 is 14.6 Å². The number of ketones is 1. The van der Waals surface area contributed by atoms with Gasteiger partial charge in [-0.1, -0.05) is 61.5 Å². The van der Waals surface area contributed by atoms with Gasteiger partial charge in [0, 0.05) is 23.4 Å². The standard InChI is InChI=1S/C43H41N3O3/c1-41-21-20-30-29-19-15-27(47)22-26(29)14-18-31(30)34(41)23-42(40(41)48)35(25-12-16-28(49-3)17-13-25)24-46(2)43(42)33-9-5-4-8-32(33)38-39(43)45-37-11-7-6-10-36(37)44-38/h4-13,15-17,19,22,30-31,34-35,47H,14,18,20-21,23-24H2,1-3H3/t30-,31-,34+,35-,41+,42-,43-/m1/s1. The van der Waals surface area contributed by atoms with Crippen molar-refractivity contribution in [3.05, 3.63) is 119 Å². The van der Waals surface area contributed by atoms with Gasteiger partial charge in [-0.2, -0.15) is 0 Å². The van der Waals surface area contributed by atoms with Crippen LogP contribution in [0, 0.1) is 22.7 Å². The molecule has 2 spiro atoms. The van der Waals surface area contributed by atoms with Gasteiger partial charge in [-0.05, 0) is 116 Å². The topological polar surface area (TPSA) is 75.6 Å². The second-order valence-electron chi connectivity index (χ2n) is 15.6. The van der Waals surface area contributed by atoms with Crippen molar-refractivity contribution in [2.75, 3.05) is 20.7 Å². The third-order valence-electron chi connectivity index (χ3n) is 13.8. The molecule has 2 saturated carbocycles. The Morgan fingerprint density at radius 3 is 2.47 bits per heavy atom. The van der Waals surface area contributed by atoms with E-state index in [1.54, 1.807) is 7.11 Å². The van der Waals surface area contributed by atoms with Crippen LogP contribution in [-0.4, -0.2) is 46.5 Å². The maximum absolute atomic E-state index is 16.2. The second kappa shape index (κ2) is 10.0. The zero-order valence-corrected chi connectivity index (χ0v) is 28.3. The van der Waals surface area contributed by atoms with E-state index in [0.717, 1.165) is 77.9 Å². The summed E-state index contributed by atoms with van der Waals surface area (Å²) in [6, 6.07) is 31.3. The van der Waals surface area contributed by atoms with Crippen molar-refractivity contribution in [1.29, 1.82) is 0 Å². The number of hydrogen-bond donors (Lipinski definition) is 1. The van der Waals surface area contributed by atoms with E-state index in [1.807, 2.05) is 30.3 Å². The molecule has 5 aliphatic rings. The molecule has 0 unspecified atom stereocenters. The zero-order chi connectivity index (χ0) is 33.3. The van der Waals surface area contributed by atoms with E-state index in [-0.39, 0.29) is 11.8 Å². The first-order valence-corrected chi connectivity index (χ1v) is 17.9. The number of aromatic nitrogens is 2. The van der Waals surface area contributed by atoms with Gasteiger partial charge in [-0.3, -0.25) is 9.69 Å². The molecule has 6 heteroatoms. The molecule has 0 radical (unpaired) electrons. The number of aromatic hydroxyl groups is 1. The normalized spacial score (nSPS) is 32.6. The van der Waals surface area contributed by atoms with E-state index in [2.05, 4.69) is 79.5 Å². The van der Waals surface area contributed by atoms with Gasteiger partial charge in [0.1, 0.15) is 22.8 Å². The van der Waals surface area contributed by atoms with Crippen LogP contribution < -0.4 is 4.74 Å². The molecule has 246 valence electrons. The van der Waals surface area contributed by atoms with Crippen LogP contribution in [-0.2, 0) is 16.8 Å². The summed E-state index contributed by atoms with van der Waals surface area (Å²) in [5, 5.41) is 10.3. The van der Waals surface area contributed by atoms with Crippen molar-refractivity contribution in [3.8, 4) is 22.8 Å². The fourth-order valence-electron chi connectivity index (χ4n) is 11.9. The molecule has 7 atom stereocenters. The average molecular weight is 648 g/mol. The number of para-hydroxylation sites is 2. The third-order valence-corrected chi connectivity index (χ3v) is 13.8. The number of carbonyl (C=O) groups is 1. The summed E-state index contributed by atoms with van der Waals surface area (Å²) in [7, 11) is 3.92. The first-order valence-electron chi connectivity index (χ1n) is 17.9. The molecule has 0 amide bonds. The average Bonchev–Trinajstić information content (AvgIpc) is 3.66. The maximum atomic E-state index is 16.2. The summed E-state index contributed by atoms with van der Waals surface area (Å²) in [5.41, 5.74) is 7.68. The smallest absolute Gasteiger partial charge is 0.148 e. The molecule has 10 rings (SSSR count). The molecule has 2 heterocycles. The van der Waals surface area contributed by atoms with Gasteiger partial charge in [0.05, 0.1) is 34.9 Å². The third kappa shape index (κ3) is 3.53. The fourth-order valence-corrected chi connectivity index (χ4v) is 11.9. The van der Waals surface area contributed by atoms with Crippen LogP contribution in [0.15, 0.2) is 91.0 Å². The van der Waals surface area contributed by atoms with Gasteiger partial charge >= 0.3 is 0 Å². The molecule has 4 aromatic carbocycles. The number of fused-ring (bicyclic) bond motifs is 12. The number of phenols is 1. The van der Waals surface area contributed by atoms with Gasteiger partial charge in [0.25, 0.3) is 0 Å². The number of benzene rings is 4. The van der Waals surface area contributed by atoms with Crippen LogP contribution in [0.25, 0.3) is 22.3 Å². The highest BCUT2D eigenvalue weighted by Gasteiger charge is 2.78. The Morgan fingerprint density at radius 1 is 0.918 bits per heavy atom. The van der Waals surface area contributed by atoms with Gasteiger partial charge in [-0.25, -0.2) is 9.97 Å². The highest BCUT2D eigenvalue weighted by Crippen LogP contribution is 2.76. The molecule has 3 fully saturated rings. The van der Waals surface area contributed by atoms with Crippen LogP contribution in [0.5, 0.6) is 11.5 Å². The highest BCUT2D eigenvalue weighted by atomic mass is 16.5. The maximum Gasteiger partial charge on any atom is 0.148 e. The van der Waals surface area contributed by atoms with Gasteiger partial charge < -0.3 is 9.84 Å². The Labute approximate surface area is 287 Å². The molecular formula is C43H41N3O3. The number of methoxy groups -OCH3 is 1. The SMILES string of the molecule is COc1ccc([C@H]2CN(C)[C@@]3(c4ccccc4-c4nc5ccccc5nc43)[C@]23C[C@H]2[C@@H]4CCc5cc(O)ccc5[C@H]4CC[C@]2(C)C3=O)cc1. The Hall–Kier alpha value is -4.55. The van der Waals surface area contributed by atoms with Crippen molar-refractivity contribution in [1.82, 2.24) is 14.9 Å². The summed E-state index contributed by atoms with van der Waals surface area (Å²) in [4.78, 5) is 29.5. The van der Waals surface area contributed by atoms with E-state index in [9.17, 15) is 5.11 Å². The lowest BCUT2D eigenvalue weighted by molar-refractivity contribution is -0.139. The predicted molar refractivity (Wildman–Crippen MR) is 190 cm³/mol.